The lowest BCUT2D eigenvalue weighted by Crippen LogP contribution is -2.29. The lowest BCUT2D eigenvalue weighted by atomic mass is 9.95. The summed E-state index contributed by atoms with van der Waals surface area (Å²) in [5.74, 6) is 1.63. The van der Waals surface area contributed by atoms with Gasteiger partial charge >= 0.3 is 0 Å². The number of hydrogen-bond acceptors (Lipinski definition) is 4. The van der Waals surface area contributed by atoms with Gasteiger partial charge in [0, 0.05) is 48.6 Å². The Balaban J connectivity index is 1.58. The van der Waals surface area contributed by atoms with Crippen LogP contribution in [0.4, 0.5) is 4.39 Å². The molecule has 4 rings (SSSR count). The summed E-state index contributed by atoms with van der Waals surface area (Å²) in [5, 5.41) is 3.37. The van der Waals surface area contributed by atoms with E-state index < -0.39 is 5.54 Å². The van der Waals surface area contributed by atoms with Crippen molar-refractivity contribution in [3.63, 3.8) is 0 Å². The van der Waals surface area contributed by atoms with E-state index in [1.807, 2.05) is 26.0 Å². The van der Waals surface area contributed by atoms with E-state index in [0.29, 0.717) is 24.1 Å². The van der Waals surface area contributed by atoms with Crippen molar-refractivity contribution < 1.29 is 9.13 Å². The zero-order valence-corrected chi connectivity index (χ0v) is 14.6. The summed E-state index contributed by atoms with van der Waals surface area (Å²) in [6.45, 7) is 6.01. The molecule has 2 fully saturated rings. The molecule has 5 heteroatoms. The van der Waals surface area contributed by atoms with Crippen LogP contribution in [0.15, 0.2) is 36.4 Å². The highest BCUT2D eigenvalue weighted by Gasteiger charge is 2.55. The third kappa shape index (κ3) is 3.53. The molecule has 4 nitrogen and oxygen atoms in total. The van der Waals surface area contributed by atoms with Gasteiger partial charge in [0.25, 0.3) is 0 Å². The van der Waals surface area contributed by atoms with E-state index in [9.17, 15) is 4.39 Å². The molecule has 1 aliphatic heterocycles. The number of ether oxygens (including phenoxy) is 1. The summed E-state index contributed by atoms with van der Waals surface area (Å²) in [6.07, 6.45) is 0.892. The molecule has 1 aromatic carbocycles. The average molecular weight is 341 g/mol. The smallest absolute Gasteiger partial charge is 0.214 e. The molecule has 1 saturated heterocycles. The van der Waals surface area contributed by atoms with Crippen LogP contribution in [-0.4, -0.2) is 24.2 Å². The number of fused-ring (bicyclic) bond motifs is 1. The molecule has 132 valence electrons. The van der Waals surface area contributed by atoms with Gasteiger partial charge < -0.3 is 15.8 Å². The van der Waals surface area contributed by atoms with Crippen LogP contribution >= 0.6 is 0 Å². The number of nitrogens with two attached hydrogens (primary N) is 1. The SMILES string of the molecule is CC(C)(N)c1cc(Cc2ccc(F)cc2)nc(OC2C3CNCC32)c1. The van der Waals surface area contributed by atoms with Crippen molar-refractivity contribution in [1.29, 1.82) is 0 Å². The van der Waals surface area contributed by atoms with E-state index in [0.717, 1.165) is 29.9 Å². The van der Waals surface area contributed by atoms with Crippen molar-refractivity contribution in [3.8, 4) is 5.88 Å². The molecule has 25 heavy (non-hydrogen) atoms. The molecule has 0 bridgehead atoms. The van der Waals surface area contributed by atoms with Crippen LogP contribution in [0.2, 0.25) is 0 Å². The average Bonchev–Trinajstić information content (AvgIpc) is 2.98. The second kappa shape index (κ2) is 6.07. The minimum atomic E-state index is -0.473. The van der Waals surface area contributed by atoms with E-state index in [2.05, 4.69) is 10.3 Å². The predicted octanol–water partition coefficient (Wildman–Crippen LogP) is 2.60. The summed E-state index contributed by atoms with van der Waals surface area (Å²) in [7, 11) is 0. The van der Waals surface area contributed by atoms with Gasteiger partial charge in [-0.3, -0.25) is 0 Å². The van der Waals surface area contributed by atoms with E-state index in [-0.39, 0.29) is 11.9 Å². The lowest BCUT2D eigenvalue weighted by Gasteiger charge is -2.21. The summed E-state index contributed by atoms with van der Waals surface area (Å²) in [5.41, 5.74) is 8.73. The van der Waals surface area contributed by atoms with Crippen molar-refractivity contribution in [2.24, 2.45) is 17.6 Å². The van der Waals surface area contributed by atoms with E-state index in [1.165, 1.54) is 12.1 Å². The summed E-state index contributed by atoms with van der Waals surface area (Å²) in [4.78, 5) is 4.68. The molecule has 0 spiro atoms. The first-order chi connectivity index (χ1) is 11.9. The summed E-state index contributed by atoms with van der Waals surface area (Å²) in [6, 6.07) is 10.5. The van der Waals surface area contributed by atoms with Crippen molar-refractivity contribution in [1.82, 2.24) is 10.3 Å². The lowest BCUT2D eigenvalue weighted by molar-refractivity contribution is 0.250. The number of piperidine rings is 1. The maximum atomic E-state index is 13.1. The monoisotopic (exact) mass is 341 g/mol. The van der Waals surface area contributed by atoms with Crippen LogP contribution in [0, 0.1) is 17.7 Å². The molecular formula is C20H24FN3O. The molecule has 2 heterocycles. The second-order valence-electron chi connectivity index (χ2n) is 7.78. The Morgan fingerprint density at radius 1 is 1.20 bits per heavy atom. The number of halogens is 1. The van der Waals surface area contributed by atoms with E-state index in [1.54, 1.807) is 12.1 Å². The number of rotatable bonds is 5. The topological polar surface area (TPSA) is 60.2 Å². The number of nitrogens with zero attached hydrogens (tertiary/aromatic N) is 1. The van der Waals surface area contributed by atoms with Crippen LogP contribution in [0.1, 0.15) is 30.7 Å². The quantitative estimate of drug-likeness (QED) is 0.878. The van der Waals surface area contributed by atoms with Gasteiger partial charge in [-0.1, -0.05) is 12.1 Å². The molecule has 2 aromatic rings. The van der Waals surface area contributed by atoms with Crippen LogP contribution in [0.3, 0.4) is 0 Å². The number of nitrogens with one attached hydrogen (secondary N) is 1. The van der Waals surface area contributed by atoms with Crippen LogP contribution in [0.5, 0.6) is 5.88 Å². The minimum absolute atomic E-state index is 0.230. The molecule has 2 unspecified atom stereocenters. The Labute approximate surface area is 147 Å². The highest BCUT2D eigenvalue weighted by Crippen LogP contribution is 2.44. The van der Waals surface area contributed by atoms with Gasteiger partial charge in [0.2, 0.25) is 5.88 Å². The first-order valence-electron chi connectivity index (χ1n) is 8.82. The van der Waals surface area contributed by atoms with Gasteiger partial charge in [-0.05, 0) is 43.2 Å². The van der Waals surface area contributed by atoms with Crippen molar-refractivity contribution >= 4 is 0 Å². The molecule has 1 aliphatic carbocycles. The fourth-order valence-electron chi connectivity index (χ4n) is 3.57. The molecule has 0 radical (unpaired) electrons. The first-order valence-corrected chi connectivity index (χ1v) is 8.82. The fraction of sp³-hybridized carbons (Fsp3) is 0.450. The Hall–Kier alpha value is -1.98. The van der Waals surface area contributed by atoms with Gasteiger partial charge in [0.1, 0.15) is 11.9 Å². The standard InChI is InChI=1S/C20H24FN3O/c1-20(2,22)13-8-15(7-12-3-5-14(21)6-4-12)24-18(9-13)25-19-16-10-23-11-17(16)19/h3-6,8-9,16-17,19,23H,7,10-11,22H2,1-2H3. The van der Waals surface area contributed by atoms with E-state index in [4.69, 9.17) is 10.5 Å². The highest BCUT2D eigenvalue weighted by atomic mass is 19.1. The number of pyridine rings is 1. The van der Waals surface area contributed by atoms with Gasteiger partial charge in [-0.15, -0.1) is 0 Å². The van der Waals surface area contributed by atoms with Gasteiger partial charge in [-0.25, -0.2) is 9.37 Å². The molecule has 1 aromatic heterocycles. The van der Waals surface area contributed by atoms with Gasteiger partial charge in [0.15, 0.2) is 0 Å². The normalized spacial score (nSPS) is 24.9. The predicted molar refractivity (Wildman–Crippen MR) is 94.9 cm³/mol. The first kappa shape index (κ1) is 16.5. The second-order valence-corrected chi connectivity index (χ2v) is 7.78. The molecule has 0 amide bonds. The number of hydrogen-bond donors (Lipinski definition) is 2. The third-order valence-electron chi connectivity index (χ3n) is 5.17. The fourth-order valence-corrected chi connectivity index (χ4v) is 3.57. The Morgan fingerprint density at radius 3 is 2.52 bits per heavy atom. The Kier molecular flexibility index (Phi) is 4.01. The van der Waals surface area contributed by atoms with Crippen LogP contribution in [-0.2, 0) is 12.0 Å². The summed E-state index contributed by atoms with van der Waals surface area (Å²) >= 11 is 0. The largest absolute Gasteiger partial charge is 0.474 e. The Bertz CT molecular complexity index is 760. The van der Waals surface area contributed by atoms with Gasteiger partial charge in [0.05, 0.1) is 0 Å². The van der Waals surface area contributed by atoms with E-state index >= 15 is 0 Å². The maximum Gasteiger partial charge on any atom is 0.214 e. The zero-order chi connectivity index (χ0) is 17.6. The van der Waals surface area contributed by atoms with Crippen LogP contribution < -0.4 is 15.8 Å². The van der Waals surface area contributed by atoms with Crippen molar-refractivity contribution in [2.45, 2.75) is 31.9 Å². The Morgan fingerprint density at radius 2 is 1.88 bits per heavy atom. The molecule has 1 saturated carbocycles. The van der Waals surface area contributed by atoms with Crippen LogP contribution in [0.25, 0.3) is 0 Å². The van der Waals surface area contributed by atoms with Crippen molar-refractivity contribution in [2.75, 3.05) is 13.1 Å². The molecule has 2 aliphatic rings. The zero-order valence-electron chi connectivity index (χ0n) is 14.6. The maximum absolute atomic E-state index is 13.1. The van der Waals surface area contributed by atoms with Crippen molar-refractivity contribution in [3.05, 3.63) is 59.0 Å². The van der Waals surface area contributed by atoms with Gasteiger partial charge in [-0.2, -0.15) is 0 Å². The summed E-state index contributed by atoms with van der Waals surface area (Å²) < 4.78 is 19.3. The highest BCUT2D eigenvalue weighted by molar-refractivity contribution is 5.33. The third-order valence-corrected chi connectivity index (χ3v) is 5.17. The molecular weight excluding hydrogens is 317 g/mol. The minimum Gasteiger partial charge on any atom is -0.474 e. The number of benzene rings is 1. The molecule has 2 atom stereocenters. The number of aromatic nitrogens is 1. The molecule has 3 N–H and O–H groups in total.